The molecule has 2 rings (SSSR count). The van der Waals surface area contributed by atoms with Crippen LogP contribution in [0.3, 0.4) is 0 Å². The monoisotopic (exact) mass is 271 g/mol. The Bertz CT molecular complexity index is 568. The predicted octanol–water partition coefficient (Wildman–Crippen LogP) is 2.68. The second kappa shape index (κ2) is 4.96. The van der Waals surface area contributed by atoms with Gasteiger partial charge in [-0.25, -0.2) is 24.0 Å². The number of nitrogens with one attached hydrogen (secondary N) is 2. The van der Waals surface area contributed by atoms with Crippen LogP contribution in [0.15, 0.2) is 24.4 Å². The van der Waals surface area contributed by atoms with Gasteiger partial charge >= 0.3 is 6.09 Å². The Morgan fingerprint density at radius 2 is 2.00 bits per heavy atom. The molecule has 94 valence electrons. The summed E-state index contributed by atoms with van der Waals surface area (Å²) < 4.78 is 26.9. The van der Waals surface area contributed by atoms with Gasteiger partial charge in [-0.1, -0.05) is 17.4 Å². The van der Waals surface area contributed by atoms with Crippen molar-refractivity contribution in [2.45, 2.75) is 0 Å². The zero-order valence-corrected chi connectivity index (χ0v) is 9.59. The molecule has 0 fully saturated rings. The predicted molar refractivity (Wildman–Crippen MR) is 62.2 cm³/mol. The second-order valence-electron chi connectivity index (χ2n) is 3.18. The second-order valence-corrected chi connectivity index (χ2v) is 4.21. The molecule has 0 atom stereocenters. The van der Waals surface area contributed by atoms with Crippen LogP contribution in [0.1, 0.15) is 0 Å². The minimum absolute atomic E-state index is 0.125. The molecule has 0 aliphatic rings. The average Bonchev–Trinajstić information content (AvgIpc) is 2.75. The molecule has 0 saturated carbocycles. The van der Waals surface area contributed by atoms with Crippen LogP contribution < -0.4 is 10.9 Å². The third-order valence-electron chi connectivity index (χ3n) is 1.97. The van der Waals surface area contributed by atoms with Gasteiger partial charge in [-0.05, 0) is 12.1 Å². The number of benzene rings is 1. The maximum Gasteiger partial charge on any atom is 0.423 e. The Labute approximate surface area is 104 Å². The number of hydrogen-bond donors (Lipinski definition) is 3. The highest BCUT2D eigenvalue weighted by molar-refractivity contribution is 7.18. The van der Waals surface area contributed by atoms with Crippen LogP contribution in [-0.2, 0) is 0 Å². The molecule has 1 amide bonds. The highest BCUT2D eigenvalue weighted by Gasteiger charge is 2.14. The molecular formula is C10H7F2N3O2S. The zero-order valence-electron chi connectivity index (χ0n) is 8.78. The molecule has 18 heavy (non-hydrogen) atoms. The minimum atomic E-state index is -1.28. The molecule has 5 nitrogen and oxygen atoms in total. The SMILES string of the molecule is O=C(O)NNc1cnc(-c2c(F)cccc2F)s1. The number of nitrogens with zero attached hydrogens (tertiary/aromatic N) is 1. The van der Waals surface area contributed by atoms with Crippen molar-refractivity contribution in [2.75, 3.05) is 5.43 Å². The molecule has 0 radical (unpaired) electrons. The van der Waals surface area contributed by atoms with Crippen LogP contribution >= 0.6 is 11.3 Å². The number of hydrogen-bond acceptors (Lipinski definition) is 4. The third-order valence-corrected chi connectivity index (χ3v) is 2.91. The number of hydrazine groups is 1. The molecule has 1 aromatic heterocycles. The van der Waals surface area contributed by atoms with Crippen molar-refractivity contribution in [1.29, 1.82) is 0 Å². The fourth-order valence-corrected chi connectivity index (χ4v) is 2.08. The summed E-state index contributed by atoms with van der Waals surface area (Å²) in [6.07, 6.45) is 0.00368. The van der Waals surface area contributed by atoms with E-state index >= 15 is 0 Å². The quantitative estimate of drug-likeness (QED) is 0.750. The van der Waals surface area contributed by atoms with Gasteiger partial charge in [0.15, 0.2) is 0 Å². The van der Waals surface area contributed by atoms with Crippen LogP contribution in [0.4, 0.5) is 18.6 Å². The standard InChI is InChI=1S/C10H7F2N3O2S/c11-5-2-1-3-6(12)8(5)9-13-4-7(18-9)14-15-10(16)17/h1-4,14-15H,(H,16,17). The number of carboxylic acid groups (broad SMARTS) is 1. The van der Waals surface area contributed by atoms with Gasteiger partial charge in [0.1, 0.15) is 21.6 Å². The van der Waals surface area contributed by atoms with E-state index in [9.17, 15) is 13.6 Å². The lowest BCUT2D eigenvalue weighted by atomic mass is 10.2. The third kappa shape index (κ3) is 2.54. The van der Waals surface area contributed by atoms with Crippen molar-refractivity contribution in [2.24, 2.45) is 0 Å². The van der Waals surface area contributed by atoms with Crippen LogP contribution in [0.5, 0.6) is 0 Å². The van der Waals surface area contributed by atoms with Crippen LogP contribution in [-0.4, -0.2) is 16.2 Å². The number of halogens is 2. The van der Waals surface area contributed by atoms with Gasteiger partial charge < -0.3 is 5.11 Å². The van der Waals surface area contributed by atoms with Gasteiger partial charge in [0.25, 0.3) is 0 Å². The molecule has 1 aromatic carbocycles. The number of rotatable bonds is 3. The summed E-state index contributed by atoms with van der Waals surface area (Å²) in [7, 11) is 0. The Hall–Kier alpha value is -2.22. The Balaban J connectivity index is 2.27. The van der Waals surface area contributed by atoms with E-state index in [2.05, 4.69) is 10.4 Å². The lowest BCUT2D eigenvalue weighted by Gasteiger charge is -2.01. The maximum absolute atomic E-state index is 13.5. The van der Waals surface area contributed by atoms with Crippen LogP contribution in [0.2, 0.25) is 0 Å². The summed E-state index contributed by atoms with van der Waals surface area (Å²) in [5.74, 6) is -1.44. The summed E-state index contributed by atoms with van der Waals surface area (Å²) in [6, 6.07) is 3.51. The molecule has 1 heterocycles. The average molecular weight is 271 g/mol. The number of amides is 1. The van der Waals surface area contributed by atoms with Gasteiger partial charge in [0.05, 0.1) is 11.8 Å². The normalized spacial score (nSPS) is 10.1. The first-order valence-corrected chi connectivity index (χ1v) is 5.54. The molecule has 0 spiro atoms. The van der Waals surface area contributed by atoms with Gasteiger partial charge in [-0.15, -0.1) is 0 Å². The lowest BCUT2D eigenvalue weighted by Crippen LogP contribution is -2.26. The van der Waals surface area contributed by atoms with E-state index < -0.39 is 17.7 Å². The Morgan fingerprint density at radius 1 is 1.33 bits per heavy atom. The van der Waals surface area contributed by atoms with E-state index in [0.29, 0.717) is 5.00 Å². The molecule has 0 unspecified atom stereocenters. The summed E-state index contributed by atoms with van der Waals surface area (Å²) >= 11 is 0.928. The smallest absolute Gasteiger partial charge is 0.423 e. The van der Waals surface area contributed by atoms with Crippen molar-refractivity contribution in [3.8, 4) is 10.6 Å². The van der Waals surface area contributed by atoms with Crippen molar-refractivity contribution in [3.05, 3.63) is 36.0 Å². The zero-order chi connectivity index (χ0) is 13.1. The van der Waals surface area contributed by atoms with Crippen LogP contribution in [0, 0.1) is 11.6 Å². The Kier molecular flexibility index (Phi) is 3.38. The van der Waals surface area contributed by atoms with Crippen LogP contribution in [0.25, 0.3) is 10.6 Å². The van der Waals surface area contributed by atoms with Gasteiger partial charge in [-0.2, -0.15) is 0 Å². The van der Waals surface area contributed by atoms with E-state index in [4.69, 9.17) is 5.11 Å². The molecule has 0 aliphatic heterocycles. The molecule has 2 aromatic rings. The van der Waals surface area contributed by atoms with E-state index in [-0.39, 0.29) is 10.6 Å². The first-order valence-electron chi connectivity index (χ1n) is 4.73. The van der Waals surface area contributed by atoms with Gasteiger partial charge in [0, 0.05) is 0 Å². The van der Waals surface area contributed by atoms with E-state index in [1.54, 1.807) is 0 Å². The Morgan fingerprint density at radius 3 is 2.61 bits per heavy atom. The fourth-order valence-electron chi connectivity index (χ4n) is 1.26. The first-order chi connectivity index (χ1) is 8.58. The van der Waals surface area contributed by atoms with Crippen molar-refractivity contribution >= 4 is 22.4 Å². The number of carbonyl (C=O) groups is 1. The lowest BCUT2D eigenvalue weighted by molar-refractivity contribution is 0.197. The molecule has 0 aliphatic carbocycles. The number of thiazole rings is 1. The fraction of sp³-hybridized carbons (Fsp3) is 0. The first kappa shape index (κ1) is 12.2. The highest BCUT2D eigenvalue weighted by Crippen LogP contribution is 2.31. The van der Waals surface area contributed by atoms with Crippen molar-refractivity contribution in [3.63, 3.8) is 0 Å². The van der Waals surface area contributed by atoms with Gasteiger partial charge in [0.2, 0.25) is 0 Å². The van der Waals surface area contributed by atoms with E-state index in [0.717, 1.165) is 23.5 Å². The molecule has 0 bridgehead atoms. The summed E-state index contributed by atoms with van der Waals surface area (Å²) in [5.41, 5.74) is 4.01. The number of anilines is 1. The maximum atomic E-state index is 13.5. The number of aromatic nitrogens is 1. The summed E-state index contributed by atoms with van der Waals surface area (Å²) in [5, 5.41) is 8.83. The topological polar surface area (TPSA) is 74.2 Å². The molecular weight excluding hydrogens is 264 g/mol. The largest absolute Gasteiger partial charge is 0.464 e. The van der Waals surface area contributed by atoms with Crippen molar-refractivity contribution in [1.82, 2.24) is 10.4 Å². The summed E-state index contributed by atoms with van der Waals surface area (Å²) in [6.45, 7) is 0. The summed E-state index contributed by atoms with van der Waals surface area (Å²) in [4.78, 5) is 14.1. The van der Waals surface area contributed by atoms with Gasteiger partial charge in [-0.3, -0.25) is 5.43 Å². The molecule has 8 heteroatoms. The molecule has 0 saturated heterocycles. The van der Waals surface area contributed by atoms with Crippen molar-refractivity contribution < 1.29 is 18.7 Å². The highest BCUT2D eigenvalue weighted by atomic mass is 32.1. The van der Waals surface area contributed by atoms with E-state index in [1.165, 1.54) is 12.3 Å². The minimum Gasteiger partial charge on any atom is -0.464 e. The van der Waals surface area contributed by atoms with E-state index in [1.807, 2.05) is 5.43 Å². The molecule has 3 N–H and O–H groups in total.